The summed E-state index contributed by atoms with van der Waals surface area (Å²) < 4.78 is 31.0. The molecule has 0 atom stereocenters. The van der Waals surface area contributed by atoms with Crippen LogP contribution < -0.4 is 14.4 Å². The number of hydrogen-bond donors (Lipinski definition) is 1. The van der Waals surface area contributed by atoms with E-state index in [9.17, 15) is 13.2 Å². The van der Waals surface area contributed by atoms with Gasteiger partial charge in [0.05, 0.1) is 24.2 Å². The smallest absolute Gasteiger partial charge is 0.232 e. The summed E-state index contributed by atoms with van der Waals surface area (Å²) in [6.07, 6.45) is 2.40. The number of carbonyl (C=O) groups excluding carboxylic acids is 1. The normalized spacial score (nSPS) is 15.9. The van der Waals surface area contributed by atoms with E-state index in [4.69, 9.17) is 4.74 Å². The molecule has 7 heteroatoms. The van der Waals surface area contributed by atoms with E-state index in [0.717, 1.165) is 12.8 Å². The summed E-state index contributed by atoms with van der Waals surface area (Å²) in [6, 6.07) is 4.97. The number of rotatable bonds is 5. The van der Waals surface area contributed by atoms with E-state index in [-0.39, 0.29) is 11.7 Å². The van der Waals surface area contributed by atoms with E-state index in [1.165, 1.54) is 7.11 Å². The van der Waals surface area contributed by atoms with Crippen LogP contribution in [0.1, 0.15) is 26.2 Å². The first-order valence-electron chi connectivity index (χ1n) is 6.95. The van der Waals surface area contributed by atoms with Gasteiger partial charge in [0.15, 0.2) is 0 Å². The Balaban J connectivity index is 2.30. The molecule has 0 spiro atoms. The van der Waals surface area contributed by atoms with Gasteiger partial charge in [-0.3, -0.25) is 9.52 Å². The number of amides is 1. The molecule has 1 aliphatic rings. The predicted molar refractivity (Wildman–Crippen MR) is 82.3 cm³/mol. The minimum atomic E-state index is -3.33. The molecule has 0 saturated carbocycles. The van der Waals surface area contributed by atoms with Gasteiger partial charge < -0.3 is 9.64 Å². The number of ether oxygens (including phenoxy) is 1. The number of hydrogen-bond acceptors (Lipinski definition) is 4. The molecule has 116 valence electrons. The molecule has 0 bridgehead atoms. The molecule has 2 rings (SSSR count). The largest absolute Gasteiger partial charge is 0.494 e. The Morgan fingerprint density at radius 2 is 2.10 bits per heavy atom. The highest BCUT2D eigenvalue weighted by atomic mass is 32.2. The summed E-state index contributed by atoms with van der Waals surface area (Å²) in [6.45, 7) is 2.23. The van der Waals surface area contributed by atoms with Crippen LogP contribution in [0.15, 0.2) is 18.2 Å². The lowest BCUT2D eigenvalue weighted by Gasteiger charge is -2.28. The van der Waals surface area contributed by atoms with Gasteiger partial charge in [0.2, 0.25) is 15.9 Å². The number of sulfonamides is 1. The van der Waals surface area contributed by atoms with Crippen molar-refractivity contribution in [2.75, 3.05) is 29.0 Å². The van der Waals surface area contributed by atoms with E-state index in [1.807, 2.05) is 0 Å². The zero-order chi connectivity index (χ0) is 15.5. The molecule has 0 unspecified atom stereocenters. The molecule has 1 saturated heterocycles. The molecule has 1 amide bonds. The van der Waals surface area contributed by atoms with Crippen LogP contribution >= 0.6 is 0 Å². The van der Waals surface area contributed by atoms with Crippen molar-refractivity contribution in [1.29, 1.82) is 0 Å². The van der Waals surface area contributed by atoms with Gasteiger partial charge in [0, 0.05) is 19.0 Å². The van der Waals surface area contributed by atoms with Gasteiger partial charge in [-0.1, -0.05) is 0 Å². The number of anilines is 2. The van der Waals surface area contributed by atoms with Crippen LogP contribution in [0.3, 0.4) is 0 Å². The Bertz CT molecular complexity index is 628. The molecular formula is C14H20N2O4S. The lowest BCUT2D eigenvalue weighted by atomic mass is 10.1. The molecule has 1 aromatic carbocycles. The summed E-state index contributed by atoms with van der Waals surface area (Å²) in [5.74, 6) is 0.560. The first kappa shape index (κ1) is 15.6. The lowest BCUT2D eigenvalue weighted by Crippen LogP contribution is -2.35. The highest BCUT2D eigenvalue weighted by Crippen LogP contribution is 2.33. The molecule has 1 N–H and O–H groups in total. The highest BCUT2D eigenvalue weighted by molar-refractivity contribution is 7.92. The molecule has 0 radical (unpaired) electrons. The predicted octanol–water partition coefficient (Wildman–Crippen LogP) is 1.97. The van der Waals surface area contributed by atoms with Crippen molar-refractivity contribution in [2.24, 2.45) is 0 Å². The number of methoxy groups -OCH3 is 1. The number of benzene rings is 1. The monoisotopic (exact) mass is 312 g/mol. The fraction of sp³-hybridized carbons (Fsp3) is 0.500. The molecule has 0 aromatic heterocycles. The quantitative estimate of drug-likeness (QED) is 0.902. The van der Waals surface area contributed by atoms with Crippen molar-refractivity contribution < 1.29 is 17.9 Å². The van der Waals surface area contributed by atoms with Gasteiger partial charge in [0.1, 0.15) is 5.75 Å². The van der Waals surface area contributed by atoms with Crippen LogP contribution in [0, 0.1) is 0 Å². The minimum absolute atomic E-state index is 0.00166. The van der Waals surface area contributed by atoms with Crippen LogP contribution in [0.4, 0.5) is 11.4 Å². The third-order valence-electron chi connectivity index (χ3n) is 3.45. The van der Waals surface area contributed by atoms with Crippen molar-refractivity contribution in [3.05, 3.63) is 18.2 Å². The highest BCUT2D eigenvalue weighted by Gasteiger charge is 2.23. The Hall–Kier alpha value is -1.76. The third-order valence-corrected chi connectivity index (χ3v) is 4.75. The van der Waals surface area contributed by atoms with Crippen LogP contribution in [0.2, 0.25) is 0 Å². The summed E-state index contributed by atoms with van der Waals surface area (Å²) in [7, 11) is -1.83. The first-order valence-corrected chi connectivity index (χ1v) is 8.61. The average Bonchev–Trinajstić information content (AvgIpc) is 2.47. The topological polar surface area (TPSA) is 75.7 Å². The molecule has 1 fully saturated rings. The van der Waals surface area contributed by atoms with Crippen LogP contribution in [0.25, 0.3) is 0 Å². The second-order valence-electron chi connectivity index (χ2n) is 4.89. The number of nitrogens with one attached hydrogen (secondary N) is 1. The summed E-state index contributed by atoms with van der Waals surface area (Å²) in [5, 5.41) is 0. The standard InChI is InChI=1S/C14H20N2O4S/c1-3-21(18,19)15-11-7-8-12(13(10-11)20-2)16-9-5-4-6-14(16)17/h7-8,10,15H,3-6,9H2,1-2H3. The van der Waals surface area contributed by atoms with E-state index in [0.29, 0.717) is 30.1 Å². The molecule has 21 heavy (non-hydrogen) atoms. The average molecular weight is 312 g/mol. The van der Waals surface area contributed by atoms with Crippen molar-refractivity contribution in [3.63, 3.8) is 0 Å². The number of carbonyl (C=O) groups is 1. The van der Waals surface area contributed by atoms with Gasteiger partial charge in [-0.2, -0.15) is 0 Å². The van der Waals surface area contributed by atoms with Crippen LogP contribution in [0.5, 0.6) is 5.75 Å². The molecule has 1 aliphatic heterocycles. The fourth-order valence-corrected chi connectivity index (χ4v) is 2.91. The Labute approximate surface area is 125 Å². The van der Waals surface area contributed by atoms with Crippen molar-refractivity contribution in [2.45, 2.75) is 26.2 Å². The zero-order valence-corrected chi connectivity index (χ0v) is 13.1. The second kappa shape index (κ2) is 6.34. The Morgan fingerprint density at radius 1 is 1.33 bits per heavy atom. The van der Waals surface area contributed by atoms with Crippen LogP contribution in [-0.2, 0) is 14.8 Å². The van der Waals surface area contributed by atoms with E-state index < -0.39 is 10.0 Å². The molecule has 1 heterocycles. The van der Waals surface area contributed by atoms with Crippen molar-refractivity contribution >= 4 is 27.3 Å². The van der Waals surface area contributed by atoms with Gasteiger partial charge in [-0.05, 0) is 31.9 Å². The lowest BCUT2D eigenvalue weighted by molar-refractivity contribution is -0.119. The molecule has 1 aromatic rings. The maximum absolute atomic E-state index is 12.0. The summed E-state index contributed by atoms with van der Waals surface area (Å²) in [5.41, 5.74) is 1.11. The van der Waals surface area contributed by atoms with Gasteiger partial charge in [0.25, 0.3) is 0 Å². The maximum atomic E-state index is 12.0. The molecule has 0 aliphatic carbocycles. The zero-order valence-electron chi connectivity index (χ0n) is 12.3. The second-order valence-corrected chi connectivity index (χ2v) is 6.91. The number of nitrogens with zero attached hydrogens (tertiary/aromatic N) is 1. The van der Waals surface area contributed by atoms with E-state index >= 15 is 0 Å². The van der Waals surface area contributed by atoms with Crippen LogP contribution in [-0.4, -0.2) is 33.7 Å². The van der Waals surface area contributed by atoms with Crippen molar-refractivity contribution in [1.82, 2.24) is 0 Å². The van der Waals surface area contributed by atoms with E-state index in [2.05, 4.69) is 4.72 Å². The maximum Gasteiger partial charge on any atom is 0.232 e. The van der Waals surface area contributed by atoms with Gasteiger partial charge in [-0.15, -0.1) is 0 Å². The Morgan fingerprint density at radius 3 is 2.71 bits per heavy atom. The summed E-state index contributed by atoms with van der Waals surface area (Å²) >= 11 is 0. The Kier molecular flexibility index (Phi) is 4.72. The molecular weight excluding hydrogens is 292 g/mol. The third kappa shape index (κ3) is 3.66. The van der Waals surface area contributed by atoms with Gasteiger partial charge in [-0.25, -0.2) is 8.42 Å². The SMILES string of the molecule is CCS(=O)(=O)Nc1ccc(N2CCCCC2=O)c(OC)c1. The van der Waals surface area contributed by atoms with Gasteiger partial charge >= 0.3 is 0 Å². The fourth-order valence-electron chi connectivity index (χ4n) is 2.28. The number of piperidine rings is 1. The first-order chi connectivity index (χ1) is 9.96. The minimum Gasteiger partial charge on any atom is -0.494 e. The van der Waals surface area contributed by atoms with E-state index in [1.54, 1.807) is 30.0 Å². The molecule has 6 nitrogen and oxygen atoms in total. The van der Waals surface area contributed by atoms with Crippen molar-refractivity contribution in [3.8, 4) is 5.75 Å². The summed E-state index contributed by atoms with van der Waals surface area (Å²) in [4.78, 5) is 13.7.